The summed E-state index contributed by atoms with van der Waals surface area (Å²) >= 11 is 0. The van der Waals surface area contributed by atoms with Gasteiger partial charge in [0.05, 0.1) is 17.5 Å². The molecule has 122 valence electrons. The van der Waals surface area contributed by atoms with Crippen LogP contribution in [0.25, 0.3) is 10.8 Å². The van der Waals surface area contributed by atoms with Crippen molar-refractivity contribution < 1.29 is 14.7 Å². The molecule has 1 unspecified atom stereocenters. The molecule has 1 amide bonds. The van der Waals surface area contributed by atoms with Gasteiger partial charge in [0.15, 0.2) is 0 Å². The molecule has 0 aliphatic rings. The second-order valence-corrected chi connectivity index (χ2v) is 5.64. The van der Waals surface area contributed by atoms with Crippen LogP contribution < -0.4 is 10.9 Å². The molecule has 1 aromatic carbocycles. The molecule has 7 heteroatoms. The van der Waals surface area contributed by atoms with Crippen molar-refractivity contribution >= 4 is 22.6 Å². The van der Waals surface area contributed by atoms with Crippen LogP contribution in [0, 0.1) is 0 Å². The molecule has 1 atom stereocenters. The molecule has 1 heterocycles. The predicted molar refractivity (Wildman–Crippen MR) is 85.2 cm³/mol. The van der Waals surface area contributed by atoms with Crippen molar-refractivity contribution in [3.63, 3.8) is 0 Å². The molecule has 2 N–H and O–H groups in total. The normalized spacial score (nSPS) is 13.5. The van der Waals surface area contributed by atoms with Crippen LogP contribution in [0.15, 0.2) is 29.1 Å². The molecule has 2 aromatic rings. The van der Waals surface area contributed by atoms with Crippen LogP contribution >= 0.6 is 0 Å². The average molecular weight is 317 g/mol. The van der Waals surface area contributed by atoms with Gasteiger partial charge in [0.2, 0.25) is 5.91 Å². The summed E-state index contributed by atoms with van der Waals surface area (Å²) in [7, 11) is 1.52. The smallest absolute Gasteiger partial charge is 0.329 e. The standard InChI is InChI=1S/C16H19N3O4/c1-4-16(2,15(22)23)17-13(20)9-12-10-7-5-6-8-11(10)14(21)19(3)18-12/h5-8H,4,9H2,1-3H3,(H,17,20)(H,22,23). The van der Waals surface area contributed by atoms with Crippen LogP contribution in [0.2, 0.25) is 0 Å². The summed E-state index contributed by atoms with van der Waals surface area (Å²) in [5.74, 6) is -1.54. The van der Waals surface area contributed by atoms with Crippen molar-refractivity contribution in [2.75, 3.05) is 0 Å². The number of aromatic nitrogens is 2. The fraction of sp³-hybridized carbons (Fsp3) is 0.375. The van der Waals surface area contributed by atoms with E-state index >= 15 is 0 Å². The Balaban J connectivity index is 2.36. The SMILES string of the molecule is CCC(C)(NC(=O)Cc1nn(C)c(=O)c2ccccc12)C(=O)O. The fourth-order valence-electron chi connectivity index (χ4n) is 2.30. The zero-order chi connectivity index (χ0) is 17.2. The van der Waals surface area contributed by atoms with Crippen molar-refractivity contribution in [3.05, 3.63) is 40.3 Å². The first kappa shape index (κ1) is 16.7. The monoisotopic (exact) mass is 317 g/mol. The lowest BCUT2D eigenvalue weighted by atomic mass is 9.98. The van der Waals surface area contributed by atoms with E-state index in [4.69, 9.17) is 0 Å². The molecule has 1 aromatic heterocycles. The Bertz CT molecular complexity index is 828. The number of hydrogen-bond donors (Lipinski definition) is 2. The second kappa shape index (κ2) is 6.20. The van der Waals surface area contributed by atoms with Crippen LogP contribution in [0.4, 0.5) is 0 Å². The number of amides is 1. The van der Waals surface area contributed by atoms with Gasteiger partial charge in [-0.05, 0) is 19.4 Å². The minimum Gasteiger partial charge on any atom is -0.480 e. The highest BCUT2D eigenvalue weighted by Gasteiger charge is 2.32. The molecule has 7 nitrogen and oxygen atoms in total. The van der Waals surface area contributed by atoms with E-state index in [0.29, 0.717) is 16.5 Å². The highest BCUT2D eigenvalue weighted by molar-refractivity contribution is 5.91. The van der Waals surface area contributed by atoms with E-state index < -0.39 is 17.4 Å². The first-order valence-corrected chi connectivity index (χ1v) is 7.28. The van der Waals surface area contributed by atoms with E-state index in [2.05, 4.69) is 10.4 Å². The van der Waals surface area contributed by atoms with Gasteiger partial charge in [0.1, 0.15) is 5.54 Å². The number of carbonyl (C=O) groups is 2. The Labute approximate surface area is 132 Å². The Morgan fingerprint density at radius 1 is 1.30 bits per heavy atom. The third-order valence-corrected chi connectivity index (χ3v) is 3.96. The van der Waals surface area contributed by atoms with Gasteiger partial charge in [-0.1, -0.05) is 25.1 Å². The van der Waals surface area contributed by atoms with E-state index in [1.54, 1.807) is 31.2 Å². The van der Waals surface area contributed by atoms with Crippen LogP contribution in [-0.4, -0.2) is 32.3 Å². The van der Waals surface area contributed by atoms with Gasteiger partial charge in [-0.3, -0.25) is 9.59 Å². The van der Waals surface area contributed by atoms with Crippen LogP contribution in [0.3, 0.4) is 0 Å². The number of nitrogens with one attached hydrogen (secondary N) is 1. The Morgan fingerprint density at radius 3 is 2.48 bits per heavy atom. The lowest BCUT2D eigenvalue weighted by Gasteiger charge is -2.24. The average Bonchev–Trinajstić information content (AvgIpc) is 2.52. The summed E-state index contributed by atoms with van der Waals surface area (Å²) in [4.78, 5) is 35.6. The zero-order valence-corrected chi connectivity index (χ0v) is 13.3. The number of benzene rings is 1. The van der Waals surface area contributed by atoms with Crippen molar-refractivity contribution in [2.24, 2.45) is 7.05 Å². The van der Waals surface area contributed by atoms with Gasteiger partial charge in [-0.15, -0.1) is 0 Å². The summed E-state index contributed by atoms with van der Waals surface area (Å²) in [6.45, 7) is 3.15. The molecular weight excluding hydrogens is 298 g/mol. The minimum atomic E-state index is -1.33. The lowest BCUT2D eigenvalue weighted by molar-refractivity contribution is -0.146. The molecule has 0 bridgehead atoms. The van der Waals surface area contributed by atoms with Crippen molar-refractivity contribution in [1.29, 1.82) is 0 Å². The van der Waals surface area contributed by atoms with Crippen LogP contribution in [-0.2, 0) is 23.1 Å². The Kier molecular flexibility index (Phi) is 4.49. The van der Waals surface area contributed by atoms with Gasteiger partial charge in [-0.2, -0.15) is 5.10 Å². The molecule has 23 heavy (non-hydrogen) atoms. The van der Waals surface area contributed by atoms with E-state index in [1.807, 2.05) is 0 Å². The third kappa shape index (κ3) is 3.23. The molecule has 0 radical (unpaired) electrons. The third-order valence-electron chi connectivity index (χ3n) is 3.96. The fourth-order valence-corrected chi connectivity index (χ4v) is 2.30. The number of carboxylic acids is 1. The molecule has 0 saturated heterocycles. The van der Waals surface area contributed by atoms with Gasteiger partial charge in [0.25, 0.3) is 5.56 Å². The van der Waals surface area contributed by atoms with E-state index in [0.717, 1.165) is 0 Å². The quantitative estimate of drug-likeness (QED) is 0.851. The second-order valence-electron chi connectivity index (χ2n) is 5.64. The van der Waals surface area contributed by atoms with Crippen LogP contribution in [0.5, 0.6) is 0 Å². The van der Waals surface area contributed by atoms with E-state index in [1.165, 1.54) is 18.7 Å². The number of aliphatic carboxylic acids is 1. The molecule has 0 aliphatic carbocycles. The van der Waals surface area contributed by atoms with E-state index in [-0.39, 0.29) is 18.4 Å². The summed E-state index contributed by atoms with van der Waals surface area (Å²) in [5.41, 5.74) is -1.13. The van der Waals surface area contributed by atoms with Gasteiger partial charge in [0, 0.05) is 12.4 Å². The highest BCUT2D eigenvalue weighted by Crippen LogP contribution is 2.15. The number of nitrogens with zero attached hydrogens (tertiary/aromatic N) is 2. The number of hydrogen-bond acceptors (Lipinski definition) is 4. The maximum atomic E-state index is 12.2. The molecule has 0 spiro atoms. The number of rotatable bonds is 5. The maximum Gasteiger partial charge on any atom is 0.329 e. The minimum absolute atomic E-state index is 0.0997. The van der Waals surface area contributed by atoms with Gasteiger partial charge in [-0.25, -0.2) is 9.48 Å². The summed E-state index contributed by atoms with van der Waals surface area (Å²) in [6, 6.07) is 6.90. The predicted octanol–water partition coefficient (Wildman–Crippen LogP) is 0.845. The lowest BCUT2D eigenvalue weighted by Crippen LogP contribution is -2.52. The molecule has 2 rings (SSSR count). The Morgan fingerprint density at radius 2 is 1.91 bits per heavy atom. The first-order chi connectivity index (χ1) is 10.8. The van der Waals surface area contributed by atoms with Crippen molar-refractivity contribution in [1.82, 2.24) is 15.1 Å². The molecule has 0 saturated carbocycles. The van der Waals surface area contributed by atoms with E-state index in [9.17, 15) is 19.5 Å². The molecule has 0 aliphatic heterocycles. The zero-order valence-electron chi connectivity index (χ0n) is 13.3. The summed E-state index contributed by atoms with van der Waals surface area (Å²) in [6.07, 6.45) is 0.160. The van der Waals surface area contributed by atoms with Crippen LogP contribution in [0.1, 0.15) is 26.0 Å². The largest absolute Gasteiger partial charge is 0.480 e. The van der Waals surface area contributed by atoms with Crippen molar-refractivity contribution in [2.45, 2.75) is 32.2 Å². The highest BCUT2D eigenvalue weighted by atomic mass is 16.4. The number of aryl methyl sites for hydroxylation is 1. The molecule has 0 fully saturated rings. The van der Waals surface area contributed by atoms with Gasteiger partial charge < -0.3 is 10.4 Å². The molecular formula is C16H19N3O4. The number of fused-ring (bicyclic) bond motifs is 1. The van der Waals surface area contributed by atoms with Gasteiger partial charge >= 0.3 is 5.97 Å². The first-order valence-electron chi connectivity index (χ1n) is 7.28. The summed E-state index contributed by atoms with van der Waals surface area (Å²) < 4.78 is 1.18. The number of carboxylic acid groups (broad SMARTS) is 1. The van der Waals surface area contributed by atoms with Crippen molar-refractivity contribution in [3.8, 4) is 0 Å². The number of carbonyl (C=O) groups excluding carboxylic acids is 1. The Hall–Kier alpha value is -2.70. The topological polar surface area (TPSA) is 101 Å². The maximum absolute atomic E-state index is 12.2. The summed E-state index contributed by atoms with van der Waals surface area (Å²) in [5, 5.41) is 17.0.